The average Bonchev–Trinajstić information content (AvgIpc) is 3.12. The van der Waals surface area contributed by atoms with Crippen molar-refractivity contribution >= 4 is 5.97 Å². The number of ether oxygens (including phenoxy) is 2. The Bertz CT molecular complexity index is 445. The van der Waals surface area contributed by atoms with Crippen molar-refractivity contribution < 1.29 is 14.3 Å². The molecule has 3 nitrogen and oxygen atoms in total. The molecule has 0 amide bonds. The third kappa shape index (κ3) is 1.57. The highest BCUT2D eigenvalue weighted by molar-refractivity contribution is 5.92. The van der Waals surface area contributed by atoms with E-state index in [4.69, 9.17) is 9.47 Å². The molecule has 0 bridgehead atoms. The van der Waals surface area contributed by atoms with Crippen LogP contribution in [0.1, 0.15) is 46.5 Å². The molecule has 1 spiro atoms. The summed E-state index contributed by atoms with van der Waals surface area (Å²) in [6.45, 7) is 7.72. The van der Waals surface area contributed by atoms with Gasteiger partial charge in [-0.15, -0.1) is 0 Å². The van der Waals surface area contributed by atoms with E-state index < -0.39 is 0 Å². The second-order valence-corrected chi connectivity index (χ2v) is 7.27. The Morgan fingerprint density at radius 1 is 1.37 bits per heavy atom. The molecular formula is C16H24O3. The van der Waals surface area contributed by atoms with Crippen LogP contribution in [-0.2, 0) is 14.3 Å². The molecule has 3 heteroatoms. The Hall–Kier alpha value is -0.830. The first kappa shape index (κ1) is 13.2. The van der Waals surface area contributed by atoms with Crippen molar-refractivity contribution in [3.05, 3.63) is 11.6 Å². The molecule has 2 fully saturated rings. The van der Waals surface area contributed by atoms with Gasteiger partial charge in [0.2, 0.25) is 0 Å². The number of carbonyl (C=O) groups is 1. The van der Waals surface area contributed by atoms with E-state index in [-0.39, 0.29) is 17.0 Å². The van der Waals surface area contributed by atoms with Gasteiger partial charge in [-0.3, -0.25) is 0 Å². The first-order chi connectivity index (χ1) is 8.87. The van der Waals surface area contributed by atoms with Crippen molar-refractivity contribution in [2.75, 3.05) is 13.7 Å². The Morgan fingerprint density at radius 2 is 2.05 bits per heavy atom. The van der Waals surface area contributed by atoms with Gasteiger partial charge in [0.25, 0.3) is 0 Å². The molecule has 1 unspecified atom stereocenters. The quantitative estimate of drug-likeness (QED) is 0.539. The van der Waals surface area contributed by atoms with Crippen LogP contribution in [0.3, 0.4) is 0 Å². The number of esters is 1. The molecule has 0 aromatic heterocycles. The number of rotatable bonds is 1. The van der Waals surface area contributed by atoms with E-state index >= 15 is 0 Å². The lowest BCUT2D eigenvalue weighted by molar-refractivity contribution is -0.139. The highest BCUT2D eigenvalue weighted by Crippen LogP contribution is 2.66. The van der Waals surface area contributed by atoms with E-state index in [2.05, 4.69) is 26.8 Å². The fourth-order valence-corrected chi connectivity index (χ4v) is 4.81. The topological polar surface area (TPSA) is 38.8 Å². The maximum absolute atomic E-state index is 12.0. The molecule has 0 aromatic rings. The zero-order valence-corrected chi connectivity index (χ0v) is 12.4. The summed E-state index contributed by atoms with van der Waals surface area (Å²) in [5.74, 6) is 0.380. The largest absolute Gasteiger partial charge is 0.466 e. The van der Waals surface area contributed by atoms with Gasteiger partial charge in [-0.2, -0.15) is 0 Å². The van der Waals surface area contributed by atoms with Crippen LogP contribution in [0.5, 0.6) is 0 Å². The Balaban J connectivity index is 2.05. The van der Waals surface area contributed by atoms with Crippen molar-refractivity contribution in [1.29, 1.82) is 0 Å². The number of methoxy groups -OCH3 is 1. The van der Waals surface area contributed by atoms with Gasteiger partial charge in [0.05, 0.1) is 19.3 Å². The Kier molecular flexibility index (Phi) is 2.66. The smallest absolute Gasteiger partial charge is 0.336 e. The summed E-state index contributed by atoms with van der Waals surface area (Å²) in [6, 6.07) is 0. The molecule has 1 saturated carbocycles. The number of carbonyl (C=O) groups excluding carboxylic acids is 1. The van der Waals surface area contributed by atoms with Crippen LogP contribution >= 0.6 is 0 Å². The first-order valence-corrected chi connectivity index (χ1v) is 7.30. The third-order valence-electron chi connectivity index (χ3n) is 5.98. The van der Waals surface area contributed by atoms with Crippen LogP contribution in [-0.4, -0.2) is 25.3 Å². The maximum atomic E-state index is 12.0. The lowest BCUT2D eigenvalue weighted by Gasteiger charge is -2.55. The van der Waals surface area contributed by atoms with E-state index in [0.717, 1.165) is 18.4 Å². The molecule has 1 aliphatic heterocycles. The second kappa shape index (κ2) is 3.85. The predicted molar refractivity (Wildman–Crippen MR) is 72.6 cm³/mol. The lowest BCUT2D eigenvalue weighted by atomic mass is 9.48. The molecule has 1 saturated heterocycles. The first-order valence-electron chi connectivity index (χ1n) is 7.30. The van der Waals surface area contributed by atoms with Gasteiger partial charge in [-0.05, 0) is 30.6 Å². The van der Waals surface area contributed by atoms with Crippen LogP contribution in [0, 0.1) is 16.7 Å². The van der Waals surface area contributed by atoms with Gasteiger partial charge in [-0.25, -0.2) is 4.79 Å². The van der Waals surface area contributed by atoms with Gasteiger partial charge in [-0.1, -0.05) is 33.3 Å². The van der Waals surface area contributed by atoms with Crippen LogP contribution in [0.15, 0.2) is 11.6 Å². The van der Waals surface area contributed by atoms with E-state index in [9.17, 15) is 4.79 Å². The molecular weight excluding hydrogens is 240 g/mol. The van der Waals surface area contributed by atoms with Gasteiger partial charge >= 0.3 is 5.97 Å². The lowest BCUT2D eigenvalue weighted by Crippen LogP contribution is -2.54. The van der Waals surface area contributed by atoms with E-state index in [1.54, 1.807) is 0 Å². The Morgan fingerprint density at radius 3 is 2.63 bits per heavy atom. The van der Waals surface area contributed by atoms with E-state index in [1.165, 1.54) is 20.0 Å². The van der Waals surface area contributed by atoms with Crippen molar-refractivity contribution in [2.45, 2.75) is 52.1 Å². The summed E-state index contributed by atoms with van der Waals surface area (Å²) >= 11 is 0. The van der Waals surface area contributed by atoms with Crippen LogP contribution < -0.4 is 0 Å². The molecule has 0 N–H and O–H groups in total. The van der Waals surface area contributed by atoms with Gasteiger partial charge in [0.1, 0.15) is 5.60 Å². The minimum absolute atomic E-state index is 0.0764. The van der Waals surface area contributed by atoms with Crippen LogP contribution in [0.25, 0.3) is 0 Å². The molecule has 3 aliphatic rings. The standard InChI is InChI=1S/C16H24O3/c1-14(2)8-5-9-15(3)12(14)7-6-11(13(17)18-4)16(15)10-19-16/h6,12H,5,7-10H2,1-4H3/t12?,15-,16-/m0/s1. The van der Waals surface area contributed by atoms with Crippen molar-refractivity contribution in [2.24, 2.45) is 16.7 Å². The van der Waals surface area contributed by atoms with Gasteiger partial charge in [0, 0.05) is 5.41 Å². The third-order valence-corrected chi connectivity index (χ3v) is 5.98. The molecule has 2 aliphatic carbocycles. The zero-order valence-electron chi connectivity index (χ0n) is 12.4. The van der Waals surface area contributed by atoms with Gasteiger partial charge in [0.15, 0.2) is 0 Å². The highest BCUT2D eigenvalue weighted by Gasteiger charge is 2.69. The summed E-state index contributed by atoms with van der Waals surface area (Å²) in [5.41, 5.74) is 0.809. The summed E-state index contributed by atoms with van der Waals surface area (Å²) in [5, 5.41) is 0. The van der Waals surface area contributed by atoms with Crippen LogP contribution in [0.2, 0.25) is 0 Å². The minimum atomic E-state index is -0.360. The summed E-state index contributed by atoms with van der Waals surface area (Å²) < 4.78 is 10.8. The number of epoxide rings is 1. The highest BCUT2D eigenvalue weighted by atomic mass is 16.6. The predicted octanol–water partition coefficient (Wildman–Crippen LogP) is 3.09. The molecule has 3 rings (SSSR count). The van der Waals surface area contributed by atoms with Crippen molar-refractivity contribution in [3.8, 4) is 0 Å². The molecule has 0 aromatic carbocycles. The number of hydrogen-bond donors (Lipinski definition) is 0. The van der Waals surface area contributed by atoms with E-state index in [0.29, 0.717) is 17.9 Å². The summed E-state index contributed by atoms with van der Waals surface area (Å²) in [7, 11) is 1.46. The minimum Gasteiger partial charge on any atom is -0.466 e. The monoisotopic (exact) mass is 264 g/mol. The molecule has 1 heterocycles. The maximum Gasteiger partial charge on any atom is 0.336 e. The van der Waals surface area contributed by atoms with Crippen molar-refractivity contribution in [3.63, 3.8) is 0 Å². The second-order valence-electron chi connectivity index (χ2n) is 7.27. The molecule has 0 radical (unpaired) electrons. The van der Waals surface area contributed by atoms with Crippen molar-refractivity contribution in [1.82, 2.24) is 0 Å². The molecule has 19 heavy (non-hydrogen) atoms. The fraction of sp³-hybridized carbons (Fsp3) is 0.812. The zero-order chi connectivity index (χ0) is 13.9. The number of hydrogen-bond acceptors (Lipinski definition) is 3. The molecule has 106 valence electrons. The normalized spacial score (nSPS) is 43.4. The SMILES string of the molecule is COC(=O)C1=CCC2C(C)(C)CCC[C@]2(C)[C@]12CO2. The van der Waals surface area contributed by atoms with Crippen LogP contribution in [0.4, 0.5) is 0 Å². The molecule has 3 atom stereocenters. The van der Waals surface area contributed by atoms with Gasteiger partial charge < -0.3 is 9.47 Å². The summed E-state index contributed by atoms with van der Waals surface area (Å²) in [6.07, 6.45) is 6.69. The average molecular weight is 264 g/mol. The fourth-order valence-electron chi connectivity index (χ4n) is 4.81. The Labute approximate surface area is 115 Å². The summed E-state index contributed by atoms with van der Waals surface area (Å²) in [4.78, 5) is 12.0. The number of fused-ring (bicyclic) bond motifs is 2. The van der Waals surface area contributed by atoms with E-state index in [1.807, 2.05) is 0 Å². The number of allylic oxidation sites excluding steroid dienone is 1.